The molecule has 0 heterocycles. The van der Waals surface area contributed by atoms with Crippen LogP contribution in [0.5, 0.6) is 0 Å². The van der Waals surface area contributed by atoms with Gasteiger partial charge in [-0.25, -0.2) is 0 Å². The Balaban J connectivity index is 3.61. The van der Waals surface area contributed by atoms with E-state index < -0.39 is 0 Å². The zero-order chi connectivity index (χ0) is 6.41. The van der Waals surface area contributed by atoms with Crippen molar-refractivity contribution in [2.75, 3.05) is 0 Å². The van der Waals surface area contributed by atoms with Crippen molar-refractivity contribution >= 4 is 34.9 Å². The highest BCUT2D eigenvalue weighted by Crippen LogP contribution is 1.86. The summed E-state index contributed by atoms with van der Waals surface area (Å²) >= 11 is 9.73. The molecular formula is C2H2Cl2N2O2. The maximum Gasteiger partial charge on any atom is 0.192 e. The van der Waals surface area contributed by atoms with Crippen LogP contribution >= 0.6 is 23.5 Å². The van der Waals surface area contributed by atoms with Crippen LogP contribution in [0.1, 0.15) is 0 Å². The standard InChI is InChI=1S/C2H2Cl2N2O2/c3-2(1-5-7)6-8-4/h1,7H/b5-1+,6-2-. The van der Waals surface area contributed by atoms with E-state index in [4.69, 9.17) is 16.8 Å². The Hall–Kier alpha value is -0.480. The van der Waals surface area contributed by atoms with E-state index in [0.29, 0.717) is 0 Å². The molecule has 0 aromatic carbocycles. The van der Waals surface area contributed by atoms with E-state index in [0.717, 1.165) is 6.21 Å². The molecule has 0 aliphatic heterocycles. The van der Waals surface area contributed by atoms with Gasteiger partial charge in [0.2, 0.25) is 0 Å². The molecule has 0 aliphatic rings. The summed E-state index contributed by atoms with van der Waals surface area (Å²) in [6.45, 7) is 0. The number of halogens is 2. The van der Waals surface area contributed by atoms with Gasteiger partial charge in [-0.05, 0) is 5.16 Å². The van der Waals surface area contributed by atoms with Crippen molar-refractivity contribution in [3.8, 4) is 0 Å². The highest BCUT2D eigenvalue weighted by atomic mass is 35.5. The molecule has 0 aromatic rings. The minimum Gasteiger partial charge on any atom is -0.411 e. The number of rotatable bonds is 2. The second-order valence-electron chi connectivity index (χ2n) is 0.728. The molecule has 0 saturated carbocycles. The molecule has 0 aromatic heterocycles. The van der Waals surface area contributed by atoms with E-state index in [1.165, 1.54) is 0 Å². The molecule has 0 aliphatic carbocycles. The predicted molar refractivity (Wildman–Crippen MR) is 30.5 cm³/mol. The number of hydrogen-bond donors (Lipinski definition) is 1. The monoisotopic (exact) mass is 156 g/mol. The topological polar surface area (TPSA) is 54.2 Å². The Morgan fingerprint density at radius 1 is 1.75 bits per heavy atom. The van der Waals surface area contributed by atoms with Gasteiger partial charge in [0.15, 0.2) is 17.0 Å². The zero-order valence-electron chi connectivity index (χ0n) is 3.58. The summed E-state index contributed by atoms with van der Waals surface area (Å²) in [7, 11) is 0. The van der Waals surface area contributed by atoms with Crippen molar-refractivity contribution in [3.05, 3.63) is 0 Å². The Kier molecular flexibility index (Phi) is 4.39. The third kappa shape index (κ3) is 3.70. The van der Waals surface area contributed by atoms with Crippen LogP contribution in [0, 0.1) is 0 Å². The van der Waals surface area contributed by atoms with Gasteiger partial charge in [0.05, 0.1) is 0 Å². The van der Waals surface area contributed by atoms with E-state index in [-0.39, 0.29) is 5.17 Å². The summed E-state index contributed by atoms with van der Waals surface area (Å²) in [4.78, 5) is 0. The van der Waals surface area contributed by atoms with Crippen molar-refractivity contribution < 1.29 is 9.60 Å². The van der Waals surface area contributed by atoms with E-state index in [1.54, 1.807) is 0 Å². The molecule has 4 nitrogen and oxygen atoms in total. The Morgan fingerprint density at radius 2 is 2.38 bits per heavy atom. The summed E-state index contributed by atoms with van der Waals surface area (Å²) in [6, 6.07) is 0. The lowest BCUT2D eigenvalue weighted by atomic mass is 10.8. The molecule has 0 unspecified atom stereocenters. The van der Waals surface area contributed by atoms with Gasteiger partial charge in [0.1, 0.15) is 6.21 Å². The minimum absolute atomic E-state index is 0.137. The van der Waals surface area contributed by atoms with Crippen molar-refractivity contribution in [1.29, 1.82) is 0 Å². The van der Waals surface area contributed by atoms with Crippen LogP contribution in [-0.4, -0.2) is 16.6 Å². The van der Waals surface area contributed by atoms with Crippen LogP contribution in [0.3, 0.4) is 0 Å². The first kappa shape index (κ1) is 7.52. The first-order valence-corrected chi connectivity index (χ1v) is 2.18. The molecule has 0 radical (unpaired) electrons. The lowest BCUT2D eigenvalue weighted by Crippen LogP contribution is -1.86. The van der Waals surface area contributed by atoms with E-state index >= 15 is 0 Å². The Labute approximate surface area is 55.5 Å². The van der Waals surface area contributed by atoms with Crippen LogP contribution in [-0.2, 0) is 4.39 Å². The largest absolute Gasteiger partial charge is 0.411 e. The van der Waals surface area contributed by atoms with Gasteiger partial charge in [-0.3, -0.25) is 4.39 Å². The first-order valence-electron chi connectivity index (χ1n) is 1.50. The quantitative estimate of drug-likeness (QED) is 0.371. The zero-order valence-corrected chi connectivity index (χ0v) is 5.10. The van der Waals surface area contributed by atoms with Gasteiger partial charge in [-0.15, -0.1) is 0 Å². The van der Waals surface area contributed by atoms with E-state index in [9.17, 15) is 0 Å². The fraction of sp³-hybridized carbons (Fsp3) is 0. The lowest BCUT2D eigenvalue weighted by Gasteiger charge is -1.79. The summed E-state index contributed by atoms with van der Waals surface area (Å²) in [5.41, 5.74) is 0. The van der Waals surface area contributed by atoms with Crippen molar-refractivity contribution in [2.45, 2.75) is 0 Å². The Bertz CT molecular complexity index is 113. The summed E-state index contributed by atoms with van der Waals surface area (Å²) in [5.74, 6) is 0. The van der Waals surface area contributed by atoms with Crippen molar-refractivity contribution in [1.82, 2.24) is 0 Å². The summed E-state index contributed by atoms with van der Waals surface area (Å²) in [5, 5.41) is 13.1. The summed E-state index contributed by atoms with van der Waals surface area (Å²) < 4.78 is 3.68. The molecule has 6 heteroatoms. The number of nitrogens with zero attached hydrogens (tertiary/aromatic N) is 2. The molecule has 0 saturated heterocycles. The first-order chi connectivity index (χ1) is 3.81. The average Bonchev–Trinajstić information content (AvgIpc) is 1.68. The van der Waals surface area contributed by atoms with Gasteiger partial charge >= 0.3 is 0 Å². The van der Waals surface area contributed by atoms with Crippen molar-refractivity contribution in [2.24, 2.45) is 10.3 Å². The average molecular weight is 157 g/mol. The van der Waals surface area contributed by atoms with E-state index in [2.05, 4.69) is 26.6 Å². The second kappa shape index (κ2) is 4.67. The van der Waals surface area contributed by atoms with Crippen LogP contribution < -0.4 is 0 Å². The molecule has 0 fully saturated rings. The number of hydrogen-bond acceptors (Lipinski definition) is 4. The Morgan fingerprint density at radius 3 is 2.75 bits per heavy atom. The summed E-state index contributed by atoms with van der Waals surface area (Å²) in [6.07, 6.45) is 0.865. The smallest absolute Gasteiger partial charge is 0.192 e. The molecule has 1 N–H and O–H groups in total. The second-order valence-corrected chi connectivity index (χ2v) is 1.25. The van der Waals surface area contributed by atoms with Crippen LogP contribution in [0.4, 0.5) is 0 Å². The SMILES string of the molecule is O/N=C/C(Cl)=N/OCl. The molecule has 8 heavy (non-hydrogen) atoms. The molecule has 0 amide bonds. The van der Waals surface area contributed by atoms with Crippen LogP contribution in [0.15, 0.2) is 10.3 Å². The molecule has 0 rings (SSSR count). The van der Waals surface area contributed by atoms with Gasteiger partial charge in [0, 0.05) is 0 Å². The third-order valence-corrected chi connectivity index (χ3v) is 0.522. The van der Waals surface area contributed by atoms with Gasteiger partial charge in [0.25, 0.3) is 0 Å². The molecule has 0 atom stereocenters. The predicted octanol–water partition coefficient (Wildman–Crippen LogP) is 1.17. The van der Waals surface area contributed by atoms with Crippen LogP contribution in [0.2, 0.25) is 0 Å². The fourth-order valence-corrected chi connectivity index (χ4v) is 0.292. The fourth-order valence-electron chi connectivity index (χ4n) is 0.104. The van der Waals surface area contributed by atoms with Gasteiger partial charge in [-0.2, -0.15) is 0 Å². The highest BCUT2D eigenvalue weighted by molar-refractivity contribution is 6.79. The van der Waals surface area contributed by atoms with E-state index in [1.807, 2.05) is 0 Å². The number of oxime groups is 2. The third-order valence-electron chi connectivity index (χ3n) is 0.286. The highest BCUT2D eigenvalue weighted by Gasteiger charge is 1.84. The molecule has 0 spiro atoms. The van der Waals surface area contributed by atoms with Crippen LogP contribution in [0.25, 0.3) is 0 Å². The van der Waals surface area contributed by atoms with Gasteiger partial charge in [-0.1, -0.05) is 16.8 Å². The molecule has 46 valence electrons. The lowest BCUT2D eigenvalue weighted by molar-refractivity contribution is 0.322. The molecule has 0 bridgehead atoms. The molecular weight excluding hydrogens is 155 g/mol. The maximum atomic E-state index is 7.77. The van der Waals surface area contributed by atoms with Crippen molar-refractivity contribution in [3.63, 3.8) is 0 Å². The minimum atomic E-state index is -0.137. The maximum absolute atomic E-state index is 7.77. The van der Waals surface area contributed by atoms with Gasteiger partial charge < -0.3 is 5.21 Å². The normalized spacial score (nSPS) is 12.5.